The van der Waals surface area contributed by atoms with Gasteiger partial charge in [0.1, 0.15) is 0 Å². The molecule has 2 nitrogen and oxygen atoms in total. The van der Waals surface area contributed by atoms with Crippen LogP contribution in [0.4, 0.5) is 0 Å². The third-order valence-electron chi connectivity index (χ3n) is 6.19. The van der Waals surface area contributed by atoms with E-state index in [2.05, 4.69) is 31.2 Å². The Morgan fingerprint density at radius 1 is 0.821 bits per heavy atom. The topological polar surface area (TPSA) is 26.3 Å². The van der Waals surface area contributed by atoms with Crippen LogP contribution in [0, 0.1) is 11.8 Å². The van der Waals surface area contributed by atoms with Crippen LogP contribution < -0.4 is 0 Å². The van der Waals surface area contributed by atoms with Gasteiger partial charge in [0.25, 0.3) is 0 Å². The fraction of sp³-hybridized carbons (Fsp3) is 0.500. The number of hydrogen-bond acceptors (Lipinski definition) is 2. The molecule has 2 heteroatoms. The second-order valence-corrected chi connectivity index (χ2v) is 8.21. The molecule has 0 heterocycles. The van der Waals surface area contributed by atoms with Crippen molar-refractivity contribution in [3.8, 4) is 11.1 Å². The van der Waals surface area contributed by atoms with E-state index in [9.17, 15) is 4.79 Å². The highest BCUT2D eigenvalue weighted by Crippen LogP contribution is 2.34. The molecule has 2 aromatic rings. The molecule has 0 unspecified atom stereocenters. The summed E-state index contributed by atoms with van der Waals surface area (Å²) in [6.07, 6.45) is 11.0. The predicted octanol–water partition coefficient (Wildman–Crippen LogP) is 7.07. The number of benzene rings is 2. The minimum absolute atomic E-state index is 0.256. The lowest BCUT2D eigenvalue weighted by molar-refractivity contribution is 0.0526. The van der Waals surface area contributed by atoms with E-state index in [0.29, 0.717) is 12.2 Å². The van der Waals surface area contributed by atoms with Gasteiger partial charge in [0.05, 0.1) is 12.2 Å². The van der Waals surface area contributed by atoms with Crippen molar-refractivity contribution in [2.45, 2.75) is 65.2 Å². The molecule has 3 rings (SSSR count). The first-order valence-corrected chi connectivity index (χ1v) is 11.1. The van der Waals surface area contributed by atoms with Crippen LogP contribution in [-0.2, 0) is 11.2 Å². The summed E-state index contributed by atoms with van der Waals surface area (Å²) in [6.45, 7) is 4.54. The van der Waals surface area contributed by atoms with E-state index < -0.39 is 0 Å². The van der Waals surface area contributed by atoms with Crippen molar-refractivity contribution >= 4 is 5.97 Å². The number of ether oxygens (including phenoxy) is 1. The van der Waals surface area contributed by atoms with Crippen molar-refractivity contribution in [3.63, 3.8) is 0 Å². The van der Waals surface area contributed by atoms with E-state index in [0.717, 1.165) is 17.4 Å². The van der Waals surface area contributed by atoms with Gasteiger partial charge in [0, 0.05) is 0 Å². The molecule has 0 bridgehead atoms. The molecule has 0 N–H and O–H groups in total. The molecule has 2 aromatic carbocycles. The Bertz CT molecular complexity index is 722. The molecule has 0 saturated heterocycles. The maximum Gasteiger partial charge on any atom is 0.338 e. The van der Waals surface area contributed by atoms with Crippen molar-refractivity contribution in [1.82, 2.24) is 0 Å². The third kappa shape index (κ3) is 5.70. The first-order chi connectivity index (χ1) is 13.7. The largest absolute Gasteiger partial charge is 0.462 e. The highest BCUT2D eigenvalue weighted by molar-refractivity contribution is 5.90. The van der Waals surface area contributed by atoms with Crippen molar-refractivity contribution in [3.05, 3.63) is 59.7 Å². The maximum atomic E-state index is 11.8. The van der Waals surface area contributed by atoms with Crippen LogP contribution >= 0.6 is 0 Å². The SMILES string of the molecule is CCC[C@H]1CC[C@H](CCc2ccc(-c3ccc(C(=O)OCC)cc3)cc2)CC1. The van der Waals surface area contributed by atoms with Gasteiger partial charge in [0.15, 0.2) is 0 Å². The number of carbonyl (C=O) groups is 1. The monoisotopic (exact) mass is 378 g/mol. The first-order valence-electron chi connectivity index (χ1n) is 11.1. The molecule has 0 aromatic heterocycles. The molecule has 1 saturated carbocycles. The Hall–Kier alpha value is -2.09. The van der Waals surface area contributed by atoms with Gasteiger partial charge in [-0.2, -0.15) is 0 Å². The standard InChI is InChI=1S/C26H34O2/c1-3-5-20-6-8-21(9-7-20)10-11-22-12-14-23(15-13-22)24-16-18-25(19-17-24)26(27)28-4-2/h12-21H,3-11H2,1-2H3/t20-,21-. The zero-order valence-corrected chi connectivity index (χ0v) is 17.5. The Morgan fingerprint density at radius 3 is 1.89 bits per heavy atom. The molecule has 28 heavy (non-hydrogen) atoms. The van der Waals surface area contributed by atoms with Crippen LogP contribution in [-0.4, -0.2) is 12.6 Å². The summed E-state index contributed by atoms with van der Waals surface area (Å²) < 4.78 is 5.05. The van der Waals surface area contributed by atoms with Gasteiger partial charge in [-0.15, -0.1) is 0 Å². The smallest absolute Gasteiger partial charge is 0.338 e. The summed E-state index contributed by atoms with van der Waals surface area (Å²) in [7, 11) is 0. The predicted molar refractivity (Wildman–Crippen MR) is 117 cm³/mol. The molecular weight excluding hydrogens is 344 g/mol. The summed E-state index contributed by atoms with van der Waals surface area (Å²) in [5, 5.41) is 0. The summed E-state index contributed by atoms with van der Waals surface area (Å²) in [5.41, 5.74) is 4.37. The van der Waals surface area contributed by atoms with Crippen LogP contribution in [0.15, 0.2) is 48.5 Å². The van der Waals surface area contributed by atoms with E-state index in [1.54, 1.807) is 0 Å². The Balaban J connectivity index is 1.50. The van der Waals surface area contributed by atoms with E-state index in [4.69, 9.17) is 4.74 Å². The van der Waals surface area contributed by atoms with Gasteiger partial charge in [-0.1, -0.05) is 81.8 Å². The number of aryl methyl sites for hydroxylation is 1. The molecule has 1 aliphatic carbocycles. The summed E-state index contributed by atoms with van der Waals surface area (Å²) in [5.74, 6) is 1.66. The molecule has 150 valence electrons. The molecular formula is C26H34O2. The Labute approximate surface area is 170 Å². The Kier molecular flexibility index (Phi) is 7.71. The molecule has 1 fully saturated rings. The van der Waals surface area contributed by atoms with Gasteiger partial charge < -0.3 is 4.74 Å². The van der Waals surface area contributed by atoms with E-state index in [1.807, 2.05) is 31.2 Å². The second-order valence-electron chi connectivity index (χ2n) is 8.21. The van der Waals surface area contributed by atoms with Crippen LogP contribution in [0.3, 0.4) is 0 Å². The van der Waals surface area contributed by atoms with Crippen LogP contribution in [0.5, 0.6) is 0 Å². The lowest BCUT2D eigenvalue weighted by Crippen LogP contribution is -2.15. The van der Waals surface area contributed by atoms with E-state index in [-0.39, 0.29) is 5.97 Å². The van der Waals surface area contributed by atoms with Crippen molar-refractivity contribution < 1.29 is 9.53 Å². The average Bonchev–Trinajstić information content (AvgIpc) is 2.74. The first kappa shape index (κ1) is 20.6. The number of hydrogen-bond donors (Lipinski definition) is 0. The molecule has 0 spiro atoms. The van der Waals surface area contributed by atoms with Crippen molar-refractivity contribution in [1.29, 1.82) is 0 Å². The quantitative estimate of drug-likeness (QED) is 0.459. The summed E-state index contributed by atoms with van der Waals surface area (Å²) in [4.78, 5) is 11.8. The molecule has 0 atom stereocenters. The van der Waals surface area contributed by atoms with Gasteiger partial charge in [-0.25, -0.2) is 4.79 Å². The summed E-state index contributed by atoms with van der Waals surface area (Å²) >= 11 is 0. The molecule has 0 aliphatic heterocycles. The number of rotatable bonds is 8. The highest BCUT2D eigenvalue weighted by atomic mass is 16.5. The lowest BCUT2D eigenvalue weighted by Gasteiger charge is -2.28. The number of esters is 1. The number of carbonyl (C=O) groups excluding carboxylic acids is 1. The van der Waals surface area contributed by atoms with Crippen LogP contribution in [0.1, 0.15) is 74.7 Å². The average molecular weight is 379 g/mol. The minimum atomic E-state index is -0.256. The van der Waals surface area contributed by atoms with E-state index in [1.165, 1.54) is 62.5 Å². The third-order valence-corrected chi connectivity index (χ3v) is 6.19. The lowest BCUT2D eigenvalue weighted by atomic mass is 9.78. The fourth-order valence-corrected chi connectivity index (χ4v) is 4.46. The van der Waals surface area contributed by atoms with Crippen molar-refractivity contribution in [2.75, 3.05) is 6.61 Å². The Morgan fingerprint density at radius 2 is 1.36 bits per heavy atom. The normalized spacial score (nSPS) is 19.4. The van der Waals surface area contributed by atoms with E-state index >= 15 is 0 Å². The maximum absolute atomic E-state index is 11.8. The molecule has 1 aliphatic rings. The summed E-state index contributed by atoms with van der Waals surface area (Å²) in [6, 6.07) is 16.6. The minimum Gasteiger partial charge on any atom is -0.462 e. The molecule has 0 radical (unpaired) electrons. The zero-order valence-electron chi connectivity index (χ0n) is 17.5. The van der Waals surface area contributed by atoms with Crippen LogP contribution in [0.25, 0.3) is 11.1 Å². The van der Waals surface area contributed by atoms with Crippen molar-refractivity contribution in [2.24, 2.45) is 11.8 Å². The van der Waals surface area contributed by atoms with Crippen LogP contribution in [0.2, 0.25) is 0 Å². The van der Waals surface area contributed by atoms with Gasteiger partial charge in [-0.3, -0.25) is 0 Å². The zero-order chi connectivity index (χ0) is 19.8. The van der Waals surface area contributed by atoms with Gasteiger partial charge in [-0.05, 0) is 60.4 Å². The van der Waals surface area contributed by atoms with Gasteiger partial charge >= 0.3 is 5.97 Å². The molecule has 0 amide bonds. The second kappa shape index (κ2) is 10.5. The highest BCUT2D eigenvalue weighted by Gasteiger charge is 2.20. The van der Waals surface area contributed by atoms with Gasteiger partial charge in [0.2, 0.25) is 0 Å². The fourth-order valence-electron chi connectivity index (χ4n) is 4.46.